The maximum atomic E-state index is 14.8. The van der Waals surface area contributed by atoms with Gasteiger partial charge in [0.2, 0.25) is 10.0 Å². The van der Waals surface area contributed by atoms with Crippen LogP contribution in [0, 0.1) is 23.0 Å². The average molecular weight is 446 g/mol. The number of hydrogen-bond acceptors (Lipinski definition) is 4. The largest absolute Gasteiger partial charge is 0.343 e. The van der Waals surface area contributed by atoms with Gasteiger partial charge in [-0.1, -0.05) is 0 Å². The Morgan fingerprint density at radius 2 is 1.80 bits per heavy atom. The van der Waals surface area contributed by atoms with Crippen LogP contribution >= 0.6 is 0 Å². The van der Waals surface area contributed by atoms with Crippen molar-refractivity contribution in [2.75, 3.05) is 5.32 Å². The molecule has 1 aromatic heterocycles. The Bertz CT molecular complexity index is 1150. The van der Waals surface area contributed by atoms with E-state index in [0.29, 0.717) is 6.92 Å². The first kappa shape index (κ1) is 23.4. The summed E-state index contributed by atoms with van der Waals surface area (Å²) >= 11 is 0. The second kappa shape index (κ2) is 7.73. The summed E-state index contributed by atoms with van der Waals surface area (Å²) in [6.07, 6.45) is 0.766. The summed E-state index contributed by atoms with van der Waals surface area (Å²) in [7, 11) is -3.57. The summed E-state index contributed by atoms with van der Waals surface area (Å²) < 4.78 is 83.1. The predicted octanol–water partition coefficient (Wildman–Crippen LogP) is 3.14. The quantitative estimate of drug-likeness (QED) is 0.666. The zero-order valence-corrected chi connectivity index (χ0v) is 17.2. The van der Waals surface area contributed by atoms with Crippen molar-refractivity contribution in [3.63, 3.8) is 0 Å². The molecule has 0 fully saturated rings. The number of hydrogen-bond donors (Lipinski definition) is 2. The van der Waals surface area contributed by atoms with Crippen molar-refractivity contribution < 1.29 is 30.8 Å². The van der Waals surface area contributed by atoms with Crippen LogP contribution in [-0.2, 0) is 17.1 Å². The molecule has 2 N–H and O–H groups in total. The van der Waals surface area contributed by atoms with E-state index in [1.807, 2.05) is 0 Å². The van der Waals surface area contributed by atoms with Crippen molar-refractivity contribution in [3.05, 3.63) is 47.3 Å². The molecule has 0 atom stereocenters. The molecule has 162 valence electrons. The van der Waals surface area contributed by atoms with Crippen molar-refractivity contribution in [1.29, 1.82) is 5.26 Å². The number of aryl methyl sites for hydroxylation is 1. The SMILES string of the molecule is Cn1cc(S(=O)(=O)NC(C)(C)C(C)(F)F)c(F)c1C(=O)Nc1ccc(F)c(C#N)c1. The van der Waals surface area contributed by atoms with Crippen molar-refractivity contribution in [2.24, 2.45) is 7.05 Å². The molecular weight excluding hydrogens is 428 g/mol. The standard InChI is InChI=1S/C18H18F4N4O3S/c1-17(2,18(3,21)22)25-30(28,29)13-9-26(4)15(14(13)20)16(27)24-11-5-6-12(19)10(7-11)8-23/h5-7,9,25H,1-4H3,(H,24,27). The van der Waals surface area contributed by atoms with Crippen molar-refractivity contribution in [2.45, 2.75) is 37.1 Å². The number of carbonyl (C=O) groups is 1. The molecule has 0 aliphatic heterocycles. The van der Waals surface area contributed by atoms with E-state index in [0.717, 1.165) is 42.8 Å². The van der Waals surface area contributed by atoms with Gasteiger partial charge in [0.15, 0.2) is 5.82 Å². The number of aromatic nitrogens is 1. The van der Waals surface area contributed by atoms with E-state index in [1.165, 1.54) is 7.05 Å². The molecule has 1 amide bonds. The van der Waals surface area contributed by atoms with Gasteiger partial charge in [-0.3, -0.25) is 4.79 Å². The molecule has 0 aliphatic carbocycles. The van der Waals surface area contributed by atoms with E-state index in [4.69, 9.17) is 5.26 Å². The van der Waals surface area contributed by atoms with E-state index in [-0.39, 0.29) is 11.3 Å². The molecule has 0 unspecified atom stereocenters. The van der Waals surface area contributed by atoms with Gasteiger partial charge in [-0.05, 0) is 32.0 Å². The third-order valence-corrected chi connectivity index (χ3v) is 6.07. The third kappa shape index (κ3) is 4.47. The molecule has 0 spiro atoms. The molecule has 1 heterocycles. The number of halogens is 4. The summed E-state index contributed by atoms with van der Waals surface area (Å²) in [4.78, 5) is 11.4. The van der Waals surface area contributed by atoms with Crippen LogP contribution in [0.5, 0.6) is 0 Å². The zero-order valence-electron chi connectivity index (χ0n) is 16.3. The summed E-state index contributed by atoms with van der Waals surface area (Å²) in [6, 6.07) is 4.63. The molecule has 2 aromatic rings. The van der Waals surface area contributed by atoms with Crippen LogP contribution in [0.4, 0.5) is 23.2 Å². The highest BCUT2D eigenvalue weighted by Gasteiger charge is 2.46. The average Bonchev–Trinajstić information content (AvgIpc) is 2.90. The molecule has 2 rings (SSSR count). The maximum Gasteiger partial charge on any atom is 0.275 e. The molecule has 0 saturated carbocycles. The number of nitrogens with one attached hydrogen (secondary N) is 2. The van der Waals surface area contributed by atoms with Crippen LogP contribution in [0.3, 0.4) is 0 Å². The number of nitriles is 1. The molecule has 0 radical (unpaired) electrons. The first-order valence-electron chi connectivity index (χ1n) is 8.38. The van der Waals surface area contributed by atoms with Gasteiger partial charge in [0, 0.05) is 25.9 Å². The first-order valence-corrected chi connectivity index (χ1v) is 9.86. The molecular formula is C18H18F4N4O3S. The summed E-state index contributed by atoms with van der Waals surface area (Å²) in [6.45, 7) is 2.37. The van der Waals surface area contributed by atoms with E-state index in [9.17, 15) is 30.8 Å². The fourth-order valence-corrected chi connectivity index (χ4v) is 3.97. The Morgan fingerprint density at radius 1 is 1.20 bits per heavy atom. The highest BCUT2D eigenvalue weighted by Crippen LogP contribution is 2.30. The summed E-state index contributed by atoms with van der Waals surface area (Å²) in [5, 5.41) is 11.1. The van der Waals surface area contributed by atoms with Crippen LogP contribution in [0.15, 0.2) is 29.3 Å². The minimum Gasteiger partial charge on any atom is -0.343 e. The van der Waals surface area contributed by atoms with Gasteiger partial charge in [0.05, 0.1) is 11.1 Å². The van der Waals surface area contributed by atoms with Crippen LogP contribution in [0.1, 0.15) is 36.8 Å². The van der Waals surface area contributed by atoms with Gasteiger partial charge in [-0.15, -0.1) is 0 Å². The Hall–Kier alpha value is -2.91. The van der Waals surface area contributed by atoms with Gasteiger partial charge in [0.25, 0.3) is 11.8 Å². The summed E-state index contributed by atoms with van der Waals surface area (Å²) in [5.41, 5.74) is -3.35. The minimum atomic E-state index is -4.75. The lowest BCUT2D eigenvalue weighted by Gasteiger charge is -2.31. The first-order chi connectivity index (χ1) is 13.6. The van der Waals surface area contributed by atoms with Crippen molar-refractivity contribution >= 4 is 21.6 Å². The summed E-state index contributed by atoms with van der Waals surface area (Å²) in [5.74, 6) is -6.84. The Kier molecular flexibility index (Phi) is 6.02. The van der Waals surface area contributed by atoms with Gasteiger partial charge in [-0.25, -0.2) is 26.0 Å². The third-order valence-electron chi connectivity index (χ3n) is 4.42. The van der Waals surface area contributed by atoms with Gasteiger partial charge >= 0.3 is 0 Å². The van der Waals surface area contributed by atoms with Crippen LogP contribution in [-0.4, -0.2) is 30.4 Å². The molecule has 12 heteroatoms. The fourth-order valence-electron chi connectivity index (χ4n) is 2.38. The van der Waals surface area contributed by atoms with E-state index in [2.05, 4.69) is 5.32 Å². The van der Waals surface area contributed by atoms with Gasteiger partial charge in [0.1, 0.15) is 22.5 Å². The van der Waals surface area contributed by atoms with E-state index in [1.54, 1.807) is 10.8 Å². The molecule has 0 aliphatic rings. The molecule has 7 nitrogen and oxygen atoms in total. The van der Waals surface area contributed by atoms with Gasteiger partial charge < -0.3 is 9.88 Å². The lowest BCUT2D eigenvalue weighted by atomic mass is 10.00. The smallest absolute Gasteiger partial charge is 0.275 e. The minimum absolute atomic E-state index is 0.0344. The number of amides is 1. The Labute approximate surface area is 170 Å². The Balaban J connectivity index is 2.40. The fraction of sp³-hybridized carbons (Fsp3) is 0.333. The number of anilines is 1. The maximum absolute atomic E-state index is 14.8. The number of carbonyl (C=O) groups excluding carboxylic acids is 1. The van der Waals surface area contributed by atoms with E-state index >= 15 is 0 Å². The topological polar surface area (TPSA) is 104 Å². The highest BCUT2D eigenvalue weighted by atomic mass is 32.2. The lowest BCUT2D eigenvalue weighted by Crippen LogP contribution is -2.54. The predicted molar refractivity (Wildman–Crippen MR) is 99.5 cm³/mol. The number of sulfonamides is 1. The van der Waals surface area contributed by atoms with Crippen molar-refractivity contribution in [3.8, 4) is 6.07 Å². The molecule has 1 aromatic carbocycles. The monoisotopic (exact) mass is 446 g/mol. The second-order valence-corrected chi connectivity index (χ2v) is 8.80. The zero-order chi connectivity index (χ0) is 23.1. The molecule has 30 heavy (non-hydrogen) atoms. The Morgan fingerprint density at radius 3 is 2.33 bits per heavy atom. The van der Waals surface area contributed by atoms with Crippen LogP contribution in [0.2, 0.25) is 0 Å². The van der Waals surface area contributed by atoms with Gasteiger partial charge in [-0.2, -0.15) is 9.98 Å². The highest BCUT2D eigenvalue weighted by molar-refractivity contribution is 7.89. The number of benzene rings is 1. The van der Waals surface area contributed by atoms with Crippen molar-refractivity contribution in [1.82, 2.24) is 9.29 Å². The van der Waals surface area contributed by atoms with E-state index < -0.39 is 49.6 Å². The molecule has 0 bridgehead atoms. The molecule has 0 saturated heterocycles. The number of alkyl halides is 2. The number of rotatable bonds is 6. The second-order valence-electron chi connectivity index (χ2n) is 7.15. The van der Waals surface area contributed by atoms with Crippen LogP contribution in [0.25, 0.3) is 0 Å². The number of nitrogens with zero attached hydrogens (tertiary/aromatic N) is 2. The lowest BCUT2D eigenvalue weighted by molar-refractivity contribution is -0.0488. The normalized spacial score (nSPS) is 12.5. The van der Waals surface area contributed by atoms with Crippen LogP contribution < -0.4 is 10.0 Å².